The Hall–Kier alpha value is -2.83. The lowest BCUT2D eigenvalue weighted by molar-refractivity contribution is -0.133. The van der Waals surface area contributed by atoms with Crippen LogP contribution in [0.5, 0.6) is 0 Å². The zero-order valence-electron chi connectivity index (χ0n) is 11.0. The van der Waals surface area contributed by atoms with E-state index in [0.717, 1.165) is 17.7 Å². The van der Waals surface area contributed by atoms with E-state index in [0.29, 0.717) is 6.07 Å². The summed E-state index contributed by atoms with van der Waals surface area (Å²) < 4.78 is 26.1. The summed E-state index contributed by atoms with van der Waals surface area (Å²) in [4.78, 5) is 27.1. The van der Waals surface area contributed by atoms with Gasteiger partial charge < -0.3 is 10.6 Å². The first-order valence-electron chi connectivity index (χ1n) is 5.96. The van der Waals surface area contributed by atoms with Crippen molar-refractivity contribution in [1.29, 1.82) is 0 Å². The van der Waals surface area contributed by atoms with E-state index in [2.05, 4.69) is 10.3 Å². The van der Waals surface area contributed by atoms with E-state index in [4.69, 9.17) is 0 Å². The first-order valence-corrected chi connectivity index (χ1v) is 5.96. The molecule has 2 amide bonds. The maximum Gasteiger partial charge on any atom is 0.315 e. The Morgan fingerprint density at radius 3 is 2.38 bits per heavy atom. The number of rotatable bonds is 2. The summed E-state index contributed by atoms with van der Waals surface area (Å²) in [6.45, 7) is 1.82. The van der Waals surface area contributed by atoms with Gasteiger partial charge in [0.05, 0.1) is 5.69 Å². The van der Waals surface area contributed by atoms with Gasteiger partial charge in [0.1, 0.15) is 17.5 Å². The Morgan fingerprint density at radius 2 is 1.76 bits per heavy atom. The summed E-state index contributed by atoms with van der Waals surface area (Å²) in [5.74, 6) is -3.64. The molecule has 0 aliphatic heterocycles. The minimum absolute atomic E-state index is 0.195. The quantitative estimate of drug-likeness (QED) is 0.834. The summed E-state index contributed by atoms with van der Waals surface area (Å²) in [5.41, 5.74) is 0.610. The number of amides is 2. The number of hydrogen-bond acceptors (Lipinski definition) is 3. The Kier molecular flexibility index (Phi) is 4.22. The molecule has 0 unspecified atom stereocenters. The van der Waals surface area contributed by atoms with Crippen LogP contribution in [0, 0.1) is 18.6 Å². The van der Waals surface area contributed by atoms with Gasteiger partial charge >= 0.3 is 11.8 Å². The average Bonchev–Trinajstić information content (AvgIpc) is 2.44. The van der Waals surface area contributed by atoms with E-state index in [1.54, 1.807) is 6.07 Å². The third kappa shape index (κ3) is 3.82. The van der Waals surface area contributed by atoms with Crippen LogP contribution in [0.25, 0.3) is 0 Å². The highest BCUT2D eigenvalue weighted by molar-refractivity contribution is 6.43. The molecule has 1 aromatic carbocycles. The van der Waals surface area contributed by atoms with Gasteiger partial charge in [-0.3, -0.25) is 9.59 Å². The molecule has 0 spiro atoms. The van der Waals surface area contributed by atoms with Crippen molar-refractivity contribution in [2.24, 2.45) is 0 Å². The lowest BCUT2D eigenvalue weighted by Crippen LogP contribution is -2.29. The molecule has 0 fully saturated rings. The maximum atomic E-state index is 13.3. The standard InChI is InChI=1S/C14H11F2N3O2/c1-8-2-5-12(17-7-8)19-14(21)13(20)18-11-4-3-9(15)6-10(11)16/h2-7H,1H3,(H,18,20)(H,17,19,21). The number of pyridine rings is 1. The van der Waals surface area contributed by atoms with Crippen LogP contribution in [-0.4, -0.2) is 16.8 Å². The van der Waals surface area contributed by atoms with Crippen LogP contribution in [0.4, 0.5) is 20.3 Å². The molecule has 0 aliphatic rings. The van der Waals surface area contributed by atoms with Crippen LogP contribution in [0.15, 0.2) is 36.5 Å². The molecule has 0 radical (unpaired) electrons. The maximum absolute atomic E-state index is 13.3. The van der Waals surface area contributed by atoms with E-state index in [-0.39, 0.29) is 11.5 Å². The fourth-order valence-electron chi connectivity index (χ4n) is 1.48. The van der Waals surface area contributed by atoms with E-state index < -0.39 is 23.4 Å². The second-order valence-corrected chi connectivity index (χ2v) is 4.25. The zero-order valence-corrected chi connectivity index (χ0v) is 11.0. The third-order valence-electron chi connectivity index (χ3n) is 2.54. The van der Waals surface area contributed by atoms with Crippen molar-refractivity contribution < 1.29 is 18.4 Å². The molecule has 1 heterocycles. The topological polar surface area (TPSA) is 71.1 Å². The molecule has 5 nitrogen and oxygen atoms in total. The molecule has 2 rings (SSSR count). The van der Waals surface area contributed by atoms with Gasteiger partial charge in [-0.1, -0.05) is 6.07 Å². The number of hydrogen-bond donors (Lipinski definition) is 2. The van der Waals surface area contributed by atoms with E-state index in [1.165, 1.54) is 12.3 Å². The van der Waals surface area contributed by atoms with Gasteiger partial charge in [-0.25, -0.2) is 13.8 Å². The molecule has 108 valence electrons. The zero-order chi connectivity index (χ0) is 15.4. The van der Waals surface area contributed by atoms with Crippen LogP contribution in [0.3, 0.4) is 0 Å². The summed E-state index contributed by atoms with van der Waals surface area (Å²) in [6, 6.07) is 5.84. The molecule has 21 heavy (non-hydrogen) atoms. The predicted octanol–water partition coefficient (Wildman–Crippen LogP) is 2.25. The van der Waals surface area contributed by atoms with Crippen molar-refractivity contribution in [3.8, 4) is 0 Å². The van der Waals surface area contributed by atoms with Gasteiger partial charge in [0.15, 0.2) is 0 Å². The second-order valence-electron chi connectivity index (χ2n) is 4.25. The number of nitrogens with one attached hydrogen (secondary N) is 2. The van der Waals surface area contributed by atoms with E-state index >= 15 is 0 Å². The highest BCUT2D eigenvalue weighted by atomic mass is 19.1. The van der Waals surface area contributed by atoms with E-state index in [1.807, 2.05) is 12.2 Å². The minimum Gasteiger partial charge on any atom is -0.315 e. The van der Waals surface area contributed by atoms with Gasteiger partial charge in [-0.05, 0) is 30.7 Å². The van der Waals surface area contributed by atoms with Crippen molar-refractivity contribution in [3.63, 3.8) is 0 Å². The van der Waals surface area contributed by atoms with Crippen LogP contribution in [0.1, 0.15) is 5.56 Å². The lowest BCUT2D eigenvalue weighted by atomic mass is 10.3. The highest BCUT2D eigenvalue weighted by Crippen LogP contribution is 2.14. The highest BCUT2D eigenvalue weighted by Gasteiger charge is 2.16. The number of aromatic nitrogens is 1. The minimum atomic E-state index is -1.08. The lowest BCUT2D eigenvalue weighted by Gasteiger charge is -2.07. The predicted molar refractivity (Wildman–Crippen MR) is 72.6 cm³/mol. The van der Waals surface area contributed by atoms with Gasteiger partial charge in [-0.2, -0.15) is 0 Å². The molecule has 2 aromatic rings. The number of aryl methyl sites for hydroxylation is 1. The fraction of sp³-hybridized carbons (Fsp3) is 0.0714. The number of carbonyl (C=O) groups excluding carboxylic acids is 2. The molecule has 7 heteroatoms. The molecule has 2 N–H and O–H groups in total. The van der Waals surface area contributed by atoms with Crippen molar-refractivity contribution in [2.45, 2.75) is 6.92 Å². The van der Waals surface area contributed by atoms with Crippen LogP contribution in [-0.2, 0) is 9.59 Å². The second kappa shape index (κ2) is 6.08. The Bertz CT molecular complexity index is 687. The van der Waals surface area contributed by atoms with Crippen molar-refractivity contribution >= 4 is 23.3 Å². The van der Waals surface area contributed by atoms with Crippen LogP contribution in [0.2, 0.25) is 0 Å². The Balaban J connectivity index is 2.02. The van der Waals surface area contributed by atoms with Gasteiger partial charge in [0.25, 0.3) is 0 Å². The molecular formula is C14H11F2N3O2. The molecule has 0 aliphatic carbocycles. The normalized spacial score (nSPS) is 10.0. The summed E-state index contributed by atoms with van der Waals surface area (Å²) in [7, 11) is 0. The van der Waals surface area contributed by atoms with Crippen LogP contribution < -0.4 is 10.6 Å². The Morgan fingerprint density at radius 1 is 1.05 bits per heavy atom. The first-order chi connectivity index (χ1) is 9.95. The summed E-state index contributed by atoms with van der Waals surface area (Å²) in [5, 5.41) is 4.31. The van der Waals surface area contributed by atoms with Gasteiger partial charge in [-0.15, -0.1) is 0 Å². The number of carbonyl (C=O) groups is 2. The van der Waals surface area contributed by atoms with Crippen LogP contribution >= 0.6 is 0 Å². The first kappa shape index (κ1) is 14.6. The molecule has 0 saturated carbocycles. The Labute approximate surface area is 119 Å². The monoisotopic (exact) mass is 291 g/mol. The smallest absolute Gasteiger partial charge is 0.315 e. The molecular weight excluding hydrogens is 280 g/mol. The van der Waals surface area contributed by atoms with Gasteiger partial charge in [0, 0.05) is 12.3 Å². The SMILES string of the molecule is Cc1ccc(NC(=O)C(=O)Nc2ccc(F)cc2F)nc1. The largest absolute Gasteiger partial charge is 0.315 e. The molecule has 0 saturated heterocycles. The number of nitrogens with zero attached hydrogens (tertiary/aromatic N) is 1. The molecule has 0 bridgehead atoms. The summed E-state index contributed by atoms with van der Waals surface area (Å²) >= 11 is 0. The van der Waals surface area contributed by atoms with Crippen molar-refractivity contribution in [3.05, 3.63) is 53.7 Å². The van der Waals surface area contributed by atoms with Gasteiger partial charge in [0.2, 0.25) is 0 Å². The molecule has 0 atom stereocenters. The number of anilines is 2. The molecule has 1 aromatic heterocycles. The van der Waals surface area contributed by atoms with Crippen molar-refractivity contribution in [2.75, 3.05) is 10.6 Å². The summed E-state index contributed by atoms with van der Waals surface area (Å²) in [6.07, 6.45) is 1.52. The average molecular weight is 291 g/mol. The number of halogens is 2. The van der Waals surface area contributed by atoms with E-state index in [9.17, 15) is 18.4 Å². The fourth-order valence-corrected chi connectivity index (χ4v) is 1.48. The van der Waals surface area contributed by atoms with Crippen molar-refractivity contribution in [1.82, 2.24) is 4.98 Å². The number of benzene rings is 1. The third-order valence-corrected chi connectivity index (χ3v) is 2.54.